The number of thioether (sulfide) groups is 1. The minimum atomic E-state index is -0.653. The highest BCUT2D eigenvalue weighted by Gasteiger charge is 2.27. The topological polar surface area (TPSA) is 55.4 Å². The first-order valence-corrected chi connectivity index (χ1v) is 11.1. The molecule has 162 valence electrons. The number of halogens is 3. The van der Waals surface area contributed by atoms with Crippen molar-refractivity contribution in [1.82, 2.24) is 0 Å². The maximum Gasteiger partial charge on any atom is 0.319 e. The van der Waals surface area contributed by atoms with Gasteiger partial charge in [0.05, 0.1) is 12.3 Å². The lowest BCUT2D eigenvalue weighted by atomic mass is 10.1. The zero-order chi connectivity index (χ0) is 22.4. The number of rotatable bonds is 8. The number of hydrogen-bond acceptors (Lipinski definition) is 4. The van der Waals surface area contributed by atoms with Crippen molar-refractivity contribution in [2.75, 3.05) is 11.9 Å². The van der Waals surface area contributed by atoms with Gasteiger partial charge in [0, 0.05) is 14.9 Å². The molecule has 2 aromatic carbocycles. The summed E-state index contributed by atoms with van der Waals surface area (Å²) in [5.41, 5.74) is 0.0110. The Morgan fingerprint density at radius 3 is 2.43 bits per heavy atom. The second-order valence-electron chi connectivity index (χ2n) is 7.53. The van der Waals surface area contributed by atoms with Crippen molar-refractivity contribution in [3.05, 3.63) is 58.1 Å². The number of carbonyl (C=O) groups excluding carboxylic acids is 2. The van der Waals surface area contributed by atoms with Crippen LogP contribution in [0.5, 0.6) is 0 Å². The van der Waals surface area contributed by atoms with Crippen molar-refractivity contribution in [1.29, 1.82) is 0 Å². The zero-order valence-corrected chi connectivity index (χ0v) is 19.6. The van der Waals surface area contributed by atoms with Gasteiger partial charge < -0.3 is 10.1 Å². The Labute approximate surface area is 187 Å². The summed E-state index contributed by atoms with van der Waals surface area (Å²) < 4.78 is 33.6. The van der Waals surface area contributed by atoms with Gasteiger partial charge in [0.1, 0.15) is 16.9 Å². The number of ether oxygens (including phenoxy) is 1. The largest absolute Gasteiger partial charge is 0.465 e. The highest BCUT2D eigenvalue weighted by atomic mass is 79.9. The Morgan fingerprint density at radius 1 is 1.13 bits per heavy atom. The van der Waals surface area contributed by atoms with Crippen LogP contribution in [-0.2, 0) is 9.53 Å². The molecule has 30 heavy (non-hydrogen) atoms. The third-order valence-corrected chi connectivity index (χ3v) is 6.51. The summed E-state index contributed by atoms with van der Waals surface area (Å²) in [6.07, 6.45) is 0. The van der Waals surface area contributed by atoms with Gasteiger partial charge in [-0.3, -0.25) is 9.59 Å². The number of esters is 1. The Balaban J connectivity index is 2.24. The molecule has 0 heterocycles. The van der Waals surface area contributed by atoms with Crippen molar-refractivity contribution in [3.8, 4) is 0 Å². The van der Waals surface area contributed by atoms with Gasteiger partial charge in [-0.25, -0.2) is 8.78 Å². The Bertz CT molecular complexity index is 921. The summed E-state index contributed by atoms with van der Waals surface area (Å²) in [5.74, 6) is -2.01. The first-order chi connectivity index (χ1) is 14.1. The van der Waals surface area contributed by atoms with E-state index in [9.17, 15) is 18.4 Å². The molecule has 0 saturated heterocycles. The average Bonchev–Trinajstić information content (AvgIpc) is 2.66. The van der Waals surface area contributed by atoms with E-state index in [-0.39, 0.29) is 29.1 Å². The molecular formula is C22H24BrF2NO3S. The molecule has 0 radical (unpaired) electrons. The fraction of sp³-hybridized carbons (Fsp3) is 0.364. The molecular weight excluding hydrogens is 476 g/mol. The molecule has 2 aromatic rings. The van der Waals surface area contributed by atoms with Gasteiger partial charge in [0.15, 0.2) is 0 Å². The van der Waals surface area contributed by atoms with E-state index < -0.39 is 22.8 Å². The van der Waals surface area contributed by atoms with Crippen LogP contribution >= 0.6 is 27.7 Å². The lowest BCUT2D eigenvalue weighted by Crippen LogP contribution is -2.27. The smallest absolute Gasteiger partial charge is 0.319 e. The maximum atomic E-state index is 14.4. The molecule has 0 spiro atoms. The fourth-order valence-corrected chi connectivity index (χ4v) is 4.13. The molecule has 1 atom stereocenters. The quantitative estimate of drug-likeness (QED) is 0.342. The summed E-state index contributed by atoms with van der Waals surface area (Å²) in [5, 5.41) is 1.96. The molecule has 1 unspecified atom stereocenters. The van der Waals surface area contributed by atoms with E-state index in [1.807, 2.05) is 27.7 Å². The minimum absolute atomic E-state index is 0.0306. The number of amides is 1. The van der Waals surface area contributed by atoms with E-state index in [0.717, 1.165) is 6.07 Å². The van der Waals surface area contributed by atoms with E-state index in [1.165, 1.54) is 42.1 Å². The number of benzene rings is 2. The van der Waals surface area contributed by atoms with Gasteiger partial charge in [-0.2, -0.15) is 0 Å². The summed E-state index contributed by atoms with van der Waals surface area (Å²) >= 11 is 4.55. The van der Waals surface area contributed by atoms with Gasteiger partial charge in [-0.15, -0.1) is 11.8 Å². The number of carbonyl (C=O) groups is 2. The highest BCUT2D eigenvalue weighted by Crippen LogP contribution is 2.37. The van der Waals surface area contributed by atoms with Gasteiger partial charge in [0.25, 0.3) is 5.91 Å². The zero-order valence-electron chi connectivity index (χ0n) is 17.2. The highest BCUT2D eigenvalue weighted by molar-refractivity contribution is 9.10. The molecule has 2 rings (SSSR count). The van der Waals surface area contributed by atoms with Crippen LogP contribution in [0.1, 0.15) is 38.1 Å². The molecule has 0 saturated carbocycles. The van der Waals surface area contributed by atoms with Crippen molar-refractivity contribution < 1.29 is 23.1 Å². The predicted octanol–water partition coefficient (Wildman–Crippen LogP) is 6.30. The monoisotopic (exact) mass is 499 g/mol. The molecule has 0 aliphatic heterocycles. The predicted molar refractivity (Wildman–Crippen MR) is 119 cm³/mol. The molecule has 0 aliphatic carbocycles. The first kappa shape index (κ1) is 24.3. The molecule has 1 N–H and O–H groups in total. The second-order valence-corrected chi connectivity index (χ2v) is 9.57. The lowest BCUT2D eigenvalue weighted by molar-refractivity contribution is -0.144. The van der Waals surface area contributed by atoms with Crippen LogP contribution < -0.4 is 5.32 Å². The van der Waals surface area contributed by atoms with E-state index in [0.29, 0.717) is 16.0 Å². The van der Waals surface area contributed by atoms with E-state index >= 15 is 0 Å². The van der Waals surface area contributed by atoms with Gasteiger partial charge in [0.2, 0.25) is 0 Å². The van der Waals surface area contributed by atoms with Crippen LogP contribution in [-0.4, -0.2) is 23.7 Å². The molecule has 0 aliphatic rings. The van der Waals surface area contributed by atoms with Crippen LogP contribution in [0.15, 0.2) is 45.8 Å². The van der Waals surface area contributed by atoms with Crippen LogP contribution in [0.25, 0.3) is 0 Å². The summed E-state index contributed by atoms with van der Waals surface area (Å²) in [4.78, 5) is 25.5. The van der Waals surface area contributed by atoms with E-state index in [4.69, 9.17) is 4.74 Å². The average molecular weight is 500 g/mol. The fourth-order valence-electron chi connectivity index (χ4n) is 2.46. The summed E-state index contributed by atoms with van der Waals surface area (Å²) in [6, 6.07) is 7.80. The summed E-state index contributed by atoms with van der Waals surface area (Å²) in [7, 11) is 0. The molecule has 4 nitrogen and oxygen atoms in total. The number of anilines is 1. The lowest BCUT2D eigenvalue weighted by Gasteiger charge is -2.21. The third-order valence-electron chi connectivity index (χ3n) is 4.01. The third kappa shape index (κ3) is 6.80. The number of hydrogen-bond donors (Lipinski definition) is 1. The molecule has 0 bridgehead atoms. The van der Waals surface area contributed by atoms with Crippen molar-refractivity contribution in [2.45, 2.75) is 37.8 Å². The van der Waals surface area contributed by atoms with Crippen LogP contribution in [0.4, 0.5) is 14.5 Å². The van der Waals surface area contributed by atoms with Crippen molar-refractivity contribution in [3.63, 3.8) is 0 Å². The SMILES string of the molecule is CC(C)COC(=O)C(Sc1cc(NC(=O)c2cccc(F)c2)c(F)cc1Br)C(C)C. The van der Waals surface area contributed by atoms with Gasteiger partial charge >= 0.3 is 5.97 Å². The Hall–Kier alpha value is -1.93. The van der Waals surface area contributed by atoms with Crippen molar-refractivity contribution in [2.24, 2.45) is 11.8 Å². The van der Waals surface area contributed by atoms with Crippen LogP contribution in [0, 0.1) is 23.5 Å². The Kier molecular flexibility index (Phi) is 8.85. The molecule has 0 fully saturated rings. The molecule has 1 amide bonds. The molecule has 8 heteroatoms. The normalized spacial score (nSPS) is 12.2. The first-order valence-electron chi connectivity index (χ1n) is 9.47. The Morgan fingerprint density at radius 2 is 1.83 bits per heavy atom. The van der Waals surface area contributed by atoms with Crippen LogP contribution in [0.3, 0.4) is 0 Å². The van der Waals surface area contributed by atoms with Gasteiger partial charge in [-0.05, 0) is 58.1 Å². The number of nitrogens with one attached hydrogen (secondary N) is 1. The maximum absolute atomic E-state index is 14.4. The molecule has 0 aromatic heterocycles. The van der Waals surface area contributed by atoms with Gasteiger partial charge in [-0.1, -0.05) is 33.8 Å². The minimum Gasteiger partial charge on any atom is -0.465 e. The second kappa shape index (κ2) is 10.9. The van der Waals surface area contributed by atoms with E-state index in [1.54, 1.807) is 0 Å². The van der Waals surface area contributed by atoms with Crippen molar-refractivity contribution >= 4 is 45.3 Å². The van der Waals surface area contributed by atoms with Crippen LogP contribution in [0.2, 0.25) is 0 Å². The van der Waals surface area contributed by atoms with E-state index in [2.05, 4.69) is 21.2 Å². The standard InChI is InChI=1S/C22H24BrF2NO3S/c1-12(2)11-29-22(28)20(13(3)4)30-19-10-18(17(25)9-16(19)23)26-21(27)14-6-5-7-15(24)8-14/h5-10,12-13,20H,11H2,1-4H3,(H,26,27). The summed E-state index contributed by atoms with van der Waals surface area (Å²) in [6.45, 7) is 8.03.